The summed E-state index contributed by atoms with van der Waals surface area (Å²) < 4.78 is 5.12. The van der Waals surface area contributed by atoms with E-state index in [4.69, 9.17) is 4.74 Å². The topological polar surface area (TPSA) is 29.5 Å². The second-order valence-corrected chi connectivity index (χ2v) is 2.88. The van der Waals surface area contributed by atoms with Crippen molar-refractivity contribution in [2.24, 2.45) is 0 Å². The smallest absolute Gasteiger partial charge is 0.224 e. The third-order valence-electron chi connectivity index (χ3n) is 2.09. The number of methoxy groups -OCH3 is 1. The van der Waals surface area contributed by atoms with Crippen LogP contribution in [0.2, 0.25) is 0 Å². The summed E-state index contributed by atoms with van der Waals surface area (Å²) in [5.41, 5.74) is 0. The molecular formula is C9H19NO2. The lowest BCUT2D eigenvalue weighted by Crippen LogP contribution is -2.30. The number of hydrogen-bond donors (Lipinski definition) is 0. The van der Waals surface area contributed by atoms with E-state index >= 15 is 0 Å². The average Bonchev–Trinajstić information content (AvgIpc) is 2.12. The highest BCUT2D eigenvalue weighted by molar-refractivity contribution is 5.76. The van der Waals surface area contributed by atoms with E-state index in [0.29, 0.717) is 6.42 Å². The zero-order chi connectivity index (χ0) is 9.56. The molecule has 0 fully saturated rings. The molecule has 0 aliphatic rings. The Morgan fingerprint density at radius 3 is 2.42 bits per heavy atom. The van der Waals surface area contributed by atoms with Crippen molar-refractivity contribution in [2.75, 3.05) is 20.7 Å². The van der Waals surface area contributed by atoms with Crippen molar-refractivity contribution >= 4 is 5.91 Å². The van der Waals surface area contributed by atoms with Crippen LogP contribution in [0.5, 0.6) is 0 Å². The highest BCUT2D eigenvalue weighted by Gasteiger charge is 2.13. The van der Waals surface area contributed by atoms with Crippen molar-refractivity contribution in [3.8, 4) is 0 Å². The van der Waals surface area contributed by atoms with Gasteiger partial charge < -0.3 is 9.64 Å². The van der Waals surface area contributed by atoms with E-state index in [1.165, 1.54) is 0 Å². The molecule has 3 nitrogen and oxygen atoms in total. The Labute approximate surface area is 74.7 Å². The maximum Gasteiger partial charge on any atom is 0.224 e. The zero-order valence-corrected chi connectivity index (χ0v) is 8.46. The van der Waals surface area contributed by atoms with E-state index in [9.17, 15) is 4.79 Å². The van der Waals surface area contributed by atoms with Crippen LogP contribution in [0.15, 0.2) is 0 Å². The van der Waals surface area contributed by atoms with Crippen LogP contribution < -0.4 is 0 Å². The van der Waals surface area contributed by atoms with Gasteiger partial charge in [-0.1, -0.05) is 6.92 Å². The van der Waals surface area contributed by atoms with Crippen LogP contribution in [0, 0.1) is 0 Å². The normalized spacial score (nSPS) is 12.7. The molecule has 0 rings (SSSR count). The SMILES string of the molecule is CCC(CC(=O)N(C)CC)OC. The van der Waals surface area contributed by atoms with Crippen LogP contribution in [-0.2, 0) is 9.53 Å². The average molecular weight is 173 g/mol. The van der Waals surface area contributed by atoms with Crippen molar-refractivity contribution in [3.63, 3.8) is 0 Å². The fraction of sp³-hybridized carbons (Fsp3) is 0.889. The molecule has 3 heteroatoms. The molecule has 0 aromatic heterocycles. The summed E-state index contributed by atoms with van der Waals surface area (Å²) in [6.07, 6.45) is 1.46. The van der Waals surface area contributed by atoms with Gasteiger partial charge in [0.05, 0.1) is 12.5 Å². The third kappa shape index (κ3) is 3.72. The molecule has 0 heterocycles. The number of carbonyl (C=O) groups is 1. The van der Waals surface area contributed by atoms with Crippen molar-refractivity contribution in [3.05, 3.63) is 0 Å². The molecule has 0 saturated carbocycles. The Balaban J connectivity index is 3.81. The molecule has 0 radical (unpaired) electrons. The second-order valence-electron chi connectivity index (χ2n) is 2.88. The van der Waals surface area contributed by atoms with E-state index in [1.807, 2.05) is 20.9 Å². The first-order chi connectivity index (χ1) is 5.65. The monoisotopic (exact) mass is 173 g/mol. The quantitative estimate of drug-likeness (QED) is 0.626. The first-order valence-electron chi connectivity index (χ1n) is 4.42. The first-order valence-corrected chi connectivity index (χ1v) is 4.42. The van der Waals surface area contributed by atoms with Crippen LogP contribution in [0.3, 0.4) is 0 Å². The third-order valence-corrected chi connectivity index (χ3v) is 2.09. The summed E-state index contributed by atoms with van der Waals surface area (Å²) in [6.45, 7) is 4.75. The highest BCUT2D eigenvalue weighted by atomic mass is 16.5. The summed E-state index contributed by atoms with van der Waals surface area (Å²) in [5, 5.41) is 0. The highest BCUT2D eigenvalue weighted by Crippen LogP contribution is 2.04. The maximum atomic E-state index is 11.3. The summed E-state index contributed by atoms with van der Waals surface area (Å²) in [4.78, 5) is 13.1. The van der Waals surface area contributed by atoms with Gasteiger partial charge in [-0.15, -0.1) is 0 Å². The Bertz CT molecular complexity index is 132. The number of hydrogen-bond acceptors (Lipinski definition) is 2. The molecule has 0 N–H and O–H groups in total. The van der Waals surface area contributed by atoms with Crippen LogP contribution in [0.25, 0.3) is 0 Å². The lowest BCUT2D eigenvalue weighted by Gasteiger charge is -2.18. The molecule has 72 valence electrons. The summed E-state index contributed by atoms with van der Waals surface area (Å²) in [5.74, 6) is 0.159. The Morgan fingerprint density at radius 2 is 2.08 bits per heavy atom. The number of amides is 1. The van der Waals surface area contributed by atoms with E-state index in [0.717, 1.165) is 13.0 Å². The molecule has 0 spiro atoms. The van der Waals surface area contributed by atoms with Crippen LogP contribution >= 0.6 is 0 Å². The lowest BCUT2D eigenvalue weighted by molar-refractivity contribution is -0.132. The van der Waals surface area contributed by atoms with Gasteiger partial charge in [-0.05, 0) is 13.3 Å². The molecule has 0 aliphatic carbocycles. The molecule has 1 amide bonds. The molecule has 0 bridgehead atoms. The Morgan fingerprint density at radius 1 is 1.50 bits per heavy atom. The van der Waals surface area contributed by atoms with Crippen molar-refractivity contribution < 1.29 is 9.53 Å². The summed E-state index contributed by atoms with van der Waals surface area (Å²) >= 11 is 0. The lowest BCUT2D eigenvalue weighted by atomic mass is 10.2. The predicted octanol–water partition coefficient (Wildman–Crippen LogP) is 1.28. The molecule has 1 atom stereocenters. The number of ether oxygens (including phenoxy) is 1. The minimum absolute atomic E-state index is 0.0755. The molecule has 0 aliphatic heterocycles. The van der Waals surface area contributed by atoms with E-state index in [1.54, 1.807) is 12.0 Å². The zero-order valence-electron chi connectivity index (χ0n) is 8.46. The Kier molecular flexibility index (Phi) is 5.72. The number of rotatable bonds is 5. The Hall–Kier alpha value is -0.570. The van der Waals surface area contributed by atoms with Crippen LogP contribution in [0.4, 0.5) is 0 Å². The van der Waals surface area contributed by atoms with Gasteiger partial charge >= 0.3 is 0 Å². The molecule has 0 saturated heterocycles. The van der Waals surface area contributed by atoms with Crippen molar-refractivity contribution in [1.82, 2.24) is 4.90 Å². The number of nitrogens with zero attached hydrogens (tertiary/aromatic N) is 1. The van der Waals surface area contributed by atoms with Gasteiger partial charge in [-0.25, -0.2) is 0 Å². The molecule has 0 aromatic rings. The predicted molar refractivity (Wildman–Crippen MR) is 49.0 cm³/mol. The van der Waals surface area contributed by atoms with Gasteiger partial charge in [-0.3, -0.25) is 4.79 Å². The van der Waals surface area contributed by atoms with Crippen LogP contribution in [0.1, 0.15) is 26.7 Å². The first kappa shape index (κ1) is 11.4. The van der Waals surface area contributed by atoms with Gasteiger partial charge in [-0.2, -0.15) is 0 Å². The minimum atomic E-state index is 0.0755. The largest absolute Gasteiger partial charge is 0.381 e. The van der Waals surface area contributed by atoms with Gasteiger partial charge in [0.25, 0.3) is 0 Å². The number of carbonyl (C=O) groups excluding carboxylic acids is 1. The second kappa shape index (κ2) is 6.00. The van der Waals surface area contributed by atoms with E-state index in [2.05, 4.69) is 0 Å². The molecular weight excluding hydrogens is 154 g/mol. The van der Waals surface area contributed by atoms with Gasteiger partial charge in [0.15, 0.2) is 0 Å². The van der Waals surface area contributed by atoms with Gasteiger partial charge in [0, 0.05) is 20.7 Å². The standard InChI is InChI=1S/C9H19NO2/c1-5-8(12-4)7-9(11)10(3)6-2/h8H,5-7H2,1-4H3. The van der Waals surface area contributed by atoms with Gasteiger partial charge in [0.1, 0.15) is 0 Å². The minimum Gasteiger partial charge on any atom is -0.381 e. The molecule has 12 heavy (non-hydrogen) atoms. The maximum absolute atomic E-state index is 11.3. The van der Waals surface area contributed by atoms with Crippen molar-refractivity contribution in [1.29, 1.82) is 0 Å². The van der Waals surface area contributed by atoms with E-state index < -0.39 is 0 Å². The van der Waals surface area contributed by atoms with Gasteiger partial charge in [0.2, 0.25) is 5.91 Å². The van der Waals surface area contributed by atoms with Crippen LogP contribution in [-0.4, -0.2) is 37.6 Å². The summed E-state index contributed by atoms with van der Waals surface area (Å²) in [7, 11) is 3.46. The van der Waals surface area contributed by atoms with Crippen molar-refractivity contribution in [2.45, 2.75) is 32.8 Å². The van der Waals surface area contributed by atoms with E-state index in [-0.39, 0.29) is 12.0 Å². The molecule has 1 unspecified atom stereocenters. The fourth-order valence-electron chi connectivity index (χ4n) is 0.921. The summed E-state index contributed by atoms with van der Waals surface area (Å²) in [6, 6.07) is 0. The molecule has 0 aromatic carbocycles. The fourth-order valence-corrected chi connectivity index (χ4v) is 0.921.